The summed E-state index contributed by atoms with van der Waals surface area (Å²) in [5, 5.41) is 10.2. The molecular formula is C18H21ClN4O3. The van der Waals surface area contributed by atoms with Crippen LogP contribution in [0.5, 0.6) is 0 Å². The SMILES string of the molecule is CC(C)(C)OC(=O)N1CCc2[nH]nc(C(=O)Nc3ccccc3Cl)c2C1. The summed E-state index contributed by atoms with van der Waals surface area (Å²) in [6, 6.07) is 6.98. The highest BCUT2D eigenvalue weighted by Crippen LogP contribution is 2.25. The third-order valence-corrected chi connectivity index (χ3v) is 4.25. The van der Waals surface area contributed by atoms with Crippen molar-refractivity contribution in [1.29, 1.82) is 0 Å². The monoisotopic (exact) mass is 376 g/mol. The number of fused-ring (bicyclic) bond motifs is 1. The van der Waals surface area contributed by atoms with Gasteiger partial charge in [0.1, 0.15) is 5.60 Å². The Balaban J connectivity index is 1.77. The van der Waals surface area contributed by atoms with Gasteiger partial charge in [0.2, 0.25) is 0 Å². The van der Waals surface area contributed by atoms with Gasteiger partial charge in [0.05, 0.1) is 17.3 Å². The van der Waals surface area contributed by atoms with Gasteiger partial charge < -0.3 is 15.0 Å². The number of para-hydroxylation sites is 1. The van der Waals surface area contributed by atoms with Gasteiger partial charge in [0.25, 0.3) is 5.91 Å². The molecule has 2 heterocycles. The summed E-state index contributed by atoms with van der Waals surface area (Å²) in [6.45, 7) is 6.24. The van der Waals surface area contributed by atoms with Crippen molar-refractivity contribution < 1.29 is 14.3 Å². The summed E-state index contributed by atoms with van der Waals surface area (Å²) in [7, 11) is 0. The number of rotatable bonds is 2. The molecule has 1 aliphatic rings. The molecule has 26 heavy (non-hydrogen) atoms. The molecule has 2 aromatic rings. The van der Waals surface area contributed by atoms with E-state index < -0.39 is 11.7 Å². The molecule has 1 aliphatic heterocycles. The first-order valence-corrected chi connectivity index (χ1v) is 8.72. The summed E-state index contributed by atoms with van der Waals surface area (Å²) in [5.74, 6) is -0.373. The van der Waals surface area contributed by atoms with Crippen LogP contribution in [0.1, 0.15) is 42.5 Å². The van der Waals surface area contributed by atoms with Gasteiger partial charge >= 0.3 is 6.09 Å². The van der Waals surface area contributed by atoms with Crippen LogP contribution in [0.3, 0.4) is 0 Å². The van der Waals surface area contributed by atoms with Gasteiger partial charge in [0.15, 0.2) is 5.69 Å². The van der Waals surface area contributed by atoms with E-state index in [2.05, 4.69) is 15.5 Å². The zero-order valence-corrected chi connectivity index (χ0v) is 15.7. The van der Waals surface area contributed by atoms with Crippen LogP contribution in [-0.2, 0) is 17.7 Å². The van der Waals surface area contributed by atoms with Gasteiger partial charge in [-0.05, 0) is 32.9 Å². The highest BCUT2D eigenvalue weighted by molar-refractivity contribution is 6.33. The average Bonchev–Trinajstić information content (AvgIpc) is 2.98. The molecule has 0 saturated heterocycles. The second-order valence-electron chi connectivity index (χ2n) is 7.12. The zero-order chi connectivity index (χ0) is 18.9. The number of halogens is 1. The van der Waals surface area contributed by atoms with Gasteiger partial charge in [-0.2, -0.15) is 5.10 Å². The molecule has 0 aliphatic carbocycles. The Morgan fingerprint density at radius 3 is 2.73 bits per heavy atom. The van der Waals surface area contributed by atoms with E-state index in [0.29, 0.717) is 29.2 Å². The summed E-state index contributed by atoms with van der Waals surface area (Å²) in [6.07, 6.45) is 0.183. The summed E-state index contributed by atoms with van der Waals surface area (Å²) in [4.78, 5) is 26.5. The maximum Gasteiger partial charge on any atom is 0.410 e. The number of nitrogens with one attached hydrogen (secondary N) is 2. The molecule has 1 aromatic carbocycles. The van der Waals surface area contributed by atoms with Crippen molar-refractivity contribution in [2.24, 2.45) is 0 Å². The fourth-order valence-corrected chi connectivity index (χ4v) is 2.89. The lowest BCUT2D eigenvalue weighted by molar-refractivity contribution is 0.0222. The maximum absolute atomic E-state index is 12.6. The van der Waals surface area contributed by atoms with Gasteiger partial charge in [-0.1, -0.05) is 23.7 Å². The molecule has 2 N–H and O–H groups in total. The molecule has 8 heteroatoms. The number of ether oxygens (including phenoxy) is 1. The molecule has 2 amide bonds. The van der Waals surface area contributed by atoms with Crippen molar-refractivity contribution >= 4 is 29.3 Å². The minimum Gasteiger partial charge on any atom is -0.444 e. The number of benzene rings is 1. The van der Waals surface area contributed by atoms with Gasteiger partial charge in [-0.3, -0.25) is 9.89 Å². The van der Waals surface area contributed by atoms with Crippen LogP contribution < -0.4 is 5.32 Å². The maximum atomic E-state index is 12.6. The number of H-pyrrole nitrogens is 1. The van der Waals surface area contributed by atoms with E-state index in [4.69, 9.17) is 16.3 Å². The standard InChI is InChI=1S/C18H21ClN4O3/c1-18(2,3)26-17(25)23-9-8-13-11(10-23)15(22-21-13)16(24)20-14-7-5-4-6-12(14)19/h4-7H,8-10H2,1-3H3,(H,20,24)(H,21,22). The summed E-state index contributed by atoms with van der Waals surface area (Å²) in [5.41, 5.74) is 1.75. The minimum atomic E-state index is -0.571. The molecule has 3 rings (SSSR count). The Kier molecular flexibility index (Phi) is 4.91. The Hall–Kier alpha value is -2.54. The first kappa shape index (κ1) is 18.3. The van der Waals surface area contributed by atoms with E-state index in [1.807, 2.05) is 20.8 Å². The Bertz CT molecular complexity index is 841. The molecule has 0 fully saturated rings. The number of carbonyl (C=O) groups excluding carboxylic acids is 2. The number of aromatic amines is 1. The molecule has 138 valence electrons. The van der Waals surface area contributed by atoms with Gasteiger partial charge in [-0.25, -0.2) is 4.79 Å². The number of anilines is 1. The fourth-order valence-electron chi connectivity index (χ4n) is 2.71. The van der Waals surface area contributed by atoms with Crippen LogP contribution in [0.2, 0.25) is 5.02 Å². The zero-order valence-electron chi connectivity index (χ0n) is 14.9. The molecule has 0 bridgehead atoms. The normalized spacial score (nSPS) is 13.9. The number of amides is 2. The lowest BCUT2D eigenvalue weighted by Gasteiger charge is -2.30. The largest absolute Gasteiger partial charge is 0.444 e. The first-order chi connectivity index (χ1) is 12.2. The van der Waals surface area contributed by atoms with Crippen LogP contribution >= 0.6 is 11.6 Å². The van der Waals surface area contributed by atoms with Crippen LogP contribution in [-0.4, -0.2) is 39.2 Å². The van der Waals surface area contributed by atoms with Gasteiger partial charge in [-0.15, -0.1) is 0 Å². The predicted octanol–water partition coefficient (Wildman–Crippen LogP) is 3.61. The lowest BCUT2D eigenvalue weighted by Crippen LogP contribution is -2.40. The van der Waals surface area contributed by atoms with Crippen LogP contribution in [0.25, 0.3) is 0 Å². The van der Waals surface area contributed by atoms with Crippen molar-refractivity contribution in [2.75, 3.05) is 11.9 Å². The predicted molar refractivity (Wildman–Crippen MR) is 98.3 cm³/mol. The molecule has 0 saturated carbocycles. The summed E-state index contributed by atoms with van der Waals surface area (Å²) >= 11 is 6.09. The smallest absolute Gasteiger partial charge is 0.410 e. The van der Waals surface area contributed by atoms with Crippen molar-refractivity contribution in [3.63, 3.8) is 0 Å². The number of nitrogens with zero attached hydrogens (tertiary/aromatic N) is 2. The molecule has 1 aromatic heterocycles. The molecule has 0 spiro atoms. The number of aromatic nitrogens is 2. The third-order valence-electron chi connectivity index (χ3n) is 3.92. The summed E-state index contributed by atoms with van der Waals surface area (Å²) < 4.78 is 5.42. The number of hydrogen-bond acceptors (Lipinski definition) is 4. The van der Waals surface area contributed by atoms with Crippen LogP contribution in [0.15, 0.2) is 24.3 Å². The van der Waals surface area contributed by atoms with Crippen molar-refractivity contribution in [2.45, 2.75) is 39.3 Å². The van der Waals surface area contributed by atoms with E-state index in [1.54, 1.807) is 29.2 Å². The van der Waals surface area contributed by atoms with E-state index in [-0.39, 0.29) is 18.1 Å². The van der Waals surface area contributed by atoms with E-state index in [0.717, 1.165) is 5.69 Å². The highest BCUT2D eigenvalue weighted by atomic mass is 35.5. The van der Waals surface area contributed by atoms with E-state index in [9.17, 15) is 9.59 Å². The lowest BCUT2D eigenvalue weighted by atomic mass is 10.1. The quantitative estimate of drug-likeness (QED) is 0.838. The fraction of sp³-hybridized carbons (Fsp3) is 0.389. The molecule has 0 unspecified atom stereocenters. The van der Waals surface area contributed by atoms with Crippen molar-refractivity contribution in [1.82, 2.24) is 15.1 Å². The van der Waals surface area contributed by atoms with Crippen molar-refractivity contribution in [3.05, 3.63) is 46.2 Å². The Morgan fingerprint density at radius 2 is 2.04 bits per heavy atom. The van der Waals surface area contributed by atoms with Crippen molar-refractivity contribution in [3.8, 4) is 0 Å². The Labute approximate surface area is 156 Å². The average molecular weight is 377 g/mol. The van der Waals surface area contributed by atoms with E-state index >= 15 is 0 Å². The van der Waals surface area contributed by atoms with Crippen LogP contribution in [0, 0.1) is 0 Å². The number of carbonyl (C=O) groups is 2. The molecular weight excluding hydrogens is 356 g/mol. The highest BCUT2D eigenvalue weighted by Gasteiger charge is 2.30. The molecule has 0 atom stereocenters. The second kappa shape index (κ2) is 6.99. The topological polar surface area (TPSA) is 87.3 Å². The molecule has 7 nitrogen and oxygen atoms in total. The first-order valence-electron chi connectivity index (χ1n) is 8.34. The van der Waals surface area contributed by atoms with E-state index in [1.165, 1.54) is 0 Å². The second-order valence-corrected chi connectivity index (χ2v) is 7.52. The van der Waals surface area contributed by atoms with Crippen LogP contribution in [0.4, 0.5) is 10.5 Å². The molecule has 0 radical (unpaired) electrons. The minimum absolute atomic E-state index is 0.258. The third kappa shape index (κ3) is 3.99. The number of hydrogen-bond donors (Lipinski definition) is 2. The van der Waals surface area contributed by atoms with Gasteiger partial charge in [0, 0.05) is 24.2 Å². The Morgan fingerprint density at radius 1 is 1.31 bits per heavy atom.